The molecule has 0 spiro atoms. The summed E-state index contributed by atoms with van der Waals surface area (Å²) in [5.74, 6) is 0.957. The van der Waals surface area contributed by atoms with Crippen LogP contribution < -0.4 is 5.73 Å². The summed E-state index contributed by atoms with van der Waals surface area (Å²) in [5.41, 5.74) is 8.69. The van der Waals surface area contributed by atoms with Crippen molar-refractivity contribution in [1.82, 2.24) is 0 Å². The van der Waals surface area contributed by atoms with Crippen molar-refractivity contribution in [1.29, 1.82) is 0 Å². The fourth-order valence-corrected chi connectivity index (χ4v) is 1.87. The highest BCUT2D eigenvalue weighted by Crippen LogP contribution is 2.17. The van der Waals surface area contributed by atoms with Gasteiger partial charge in [-0.25, -0.2) is 0 Å². The SMILES string of the molecule is Cc1ccccc1CC(N)C1=CCCO1. The normalized spacial score (nSPS) is 17.1. The van der Waals surface area contributed by atoms with E-state index < -0.39 is 0 Å². The third kappa shape index (κ3) is 2.39. The summed E-state index contributed by atoms with van der Waals surface area (Å²) in [7, 11) is 0. The first-order chi connectivity index (χ1) is 7.27. The van der Waals surface area contributed by atoms with Crippen LogP contribution in [0.25, 0.3) is 0 Å². The Hall–Kier alpha value is -1.28. The van der Waals surface area contributed by atoms with Gasteiger partial charge in [0.15, 0.2) is 0 Å². The summed E-state index contributed by atoms with van der Waals surface area (Å²) < 4.78 is 5.46. The minimum atomic E-state index is 0.00796. The summed E-state index contributed by atoms with van der Waals surface area (Å²) in [4.78, 5) is 0. The van der Waals surface area contributed by atoms with Crippen molar-refractivity contribution < 1.29 is 4.74 Å². The molecule has 1 heterocycles. The molecular formula is C13H17NO. The first-order valence-electron chi connectivity index (χ1n) is 5.40. The van der Waals surface area contributed by atoms with Crippen molar-refractivity contribution in [3.8, 4) is 0 Å². The van der Waals surface area contributed by atoms with Crippen LogP contribution in [0.5, 0.6) is 0 Å². The summed E-state index contributed by atoms with van der Waals surface area (Å²) in [6.45, 7) is 2.91. The predicted octanol–water partition coefficient (Wildman–Crippen LogP) is 2.17. The number of benzene rings is 1. The quantitative estimate of drug-likeness (QED) is 0.817. The van der Waals surface area contributed by atoms with E-state index in [1.54, 1.807) is 0 Å². The zero-order chi connectivity index (χ0) is 10.7. The Labute approximate surface area is 90.7 Å². The van der Waals surface area contributed by atoms with Gasteiger partial charge in [0, 0.05) is 6.42 Å². The molecule has 1 aromatic carbocycles. The van der Waals surface area contributed by atoms with Crippen LogP contribution in [0.2, 0.25) is 0 Å². The van der Waals surface area contributed by atoms with E-state index in [2.05, 4.69) is 37.3 Å². The van der Waals surface area contributed by atoms with E-state index in [4.69, 9.17) is 10.5 Å². The summed E-state index contributed by atoms with van der Waals surface area (Å²) in [5, 5.41) is 0. The van der Waals surface area contributed by atoms with Crippen molar-refractivity contribution in [3.63, 3.8) is 0 Å². The number of aryl methyl sites for hydroxylation is 1. The van der Waals surface area contributed by atoms with E-state index in [9.17, 15) is 0 Å². The average molecular weight is 203 g/mol. The fourth-order valence-electron chi connectivity index (χ4n) is 1.87. The van der Waals surface area contributed by atoms with Crippen LogP contribution in [0.4, 0.5) is 0 Å². The van der Waals surface area contributed by atoms with Crippen molar-refractivity contribution >= 4 is 0 Å². The van der Waals surface area contributed by atoms with E-state index >= 15 is 0 Å². The second kappa shape index (κ2) is 4.49. The topological polar surface area (TPSA) is 35.2 Å². The maximum Gasteiger partial charge on any atom is 0.109 e. The molecule has 80 valence electrons. The molecule has 0 saturated heterocycles. The second-order valence-corrected chi connectivity index (χ2v) is 3.98. The lowest BCUT2D eigenvalue weighted by Gasteiger charge is -2.14. The molecule has 0 saturated carbocycles. The van der Waals surface area contributed by atoms with Crippen molar-refractivity contribution in [3.05, 3.63) is 47.2 Å². The Bertz CT molecular complexity index is 371. The van der Waals surface area contributed by atoms with Gasteiger partial charge in [-0.15, -0.1) is 0 Å². The lowest BCUT2D eigenvalue weighted by atomic mass is 10.0. The highest BCUT2D eigenvalue weighted by atomic mass is 16.5. The van der Waals surface area contributed by atoms with Gasteiger partial charge in [0.1, 0.15) is 5.76 Å². The minimum Gasteiger partial charge on any atom is -0.496 e. The van der Waals surface area contributed by atoms with E-state index in [0.717, 1.165) is 25.2 Å². The maximum absolute atomic E-state index is 6.09. The second-order valence-electron chi connectivity index (χ2n) is 3.98. The maximum atomic E-state index is 6.09. The van der Waals surface area contributed by atoms with Gasteiger partial charge in [0.05, 0.1) is 12.6 Å². The monoisotopic (exact) mass is 203 g/mol. The summed E-state index contributed by atoms with van der Waals surface area (Å²) >= 11 is 0. The third-order valence-electron chi connectivity index (χ3n) is 2.80. The van der Waals surface area contributed by atoms with Gasteiger partial charge in [0.25, 0.3) is 0 Å². The number of nitrogens with two attached hydrogens (primary N) is 1. The van der Waals surface area contributed by atoms with Crippen LogP contribution in [0, 0.1) is 6.92 Å². The molecule has 0 aliphatic carbocycles. The molecule has 0 bridgehead atoms. The molecule has 1 aliphatic rings. The molecule has 2 nitrogen and oxygen atoms in total. The Morgan fingerprint density at radius 2 is 2.20 bits per heavy atom. The molecule has 1 unspecified atom stereocenters. The van der Waals surface area contributed by atoms with Gasteiger partial charge in [-0.05, 0) is 30.5 Å². The molecule has 0 aromatic heterocycles. The molecular weight excluding hydrogens is 186 g/mol. The zero-order valence-electron chi connectivity index (χ0n) is 9.07. The molecule has 2 rings (SSSR count). The van der Waals surface area contributed by atoms with Crippen LogP contribution in [0.3, 0.4) is 0 Å². The van der Waals surface area contributed by atoms with E-state index in [-0.39, 0.29) is 6.04 Å². The van der Waals surface area contributed by atoms with Crippen LogP contribution in [-0.2, 0) is 11.2 Å². The van der Waals surface area contributed by atoms with Crippen LogP contribution in [0.1, 0.15) is 17.5 Å². The van der Waals surface area contributed by atoms with Gasteiger partial charge in [-0.3, -0.25) is 0 Å². The first-order valence-corrected chi connectivity index (χ1v) is 5.40. The molecule has 2 N–H and O–H groups in total. The van der Waals surface area contributed by atoms with Crippen molar-refractivity contribution in [2.75, 3.05) is 6.61 Å². The molecule has 0 fully saturated rings. The zero-order valence-corrected chi connectivity index (χ0v) is 9.07. The van der Waals surface area contributed by atoms with Gasteiger partial charge in [-0.2, -0.15) is 0 Å². The lowest BCUT2D eigenvalue weighted by molar-refractivity contribution is 0.224. The lowest BCUT2D eigenvalue weighted by Crippen LogP contribution is -2.26. The largest absolute Gasteiger partial charge is 0.496 e. The van der Waals surface area contributed by atoms with Gasteiger partial charge < -0.3 is 10.5 Å². The van der Waals surface area contributed by atoms with Crippen LogP contribution in [0.15, 0.2) is 36.1 Å². The smallest absolute Gasteiger partial charge is 0.109 e. The van der Waals surface area contributed by atoms with Gasteiger partial charge >= 0.3 is 0 Å². The number of hydrogen-bond donors (Lipinski definition) is 1. The fraction of sp³-hybridized carbons (Fsp3) is 0.385. The number of rotatable bonds is 3. The third-order valence-corrected chi connectivity index (χ3v) is 2.80. The Morgan fingerprint density at radius 1 is 1.40 bits per heavy atom. The van der Waals surface area contributed by atoms with Crippen molar-refractivity contribution in [2.45, 2.75) is 25.8 Å². The van der Waals surface area contributed by atoms with E-state index in [0.29, 0.717) is 0 Å². The van der Waals surface area contributed by atoms with Crippen LogP contribution in [-0.4, -0.2) is 12.6 Å². The predicted molar refractivity (Wildman–Crippen MR) is 61.5 cm³/mol. The Morgan fingerprint density at radius 3 is 2.87 bits per heavy atom. The molecule has 1 aromatic rings. The van der Waals surface area contributed by atoms with E-state index in [1.807, 2.05) is 0 Å². The molecule has 0 radical (unpaired) electrons. The minimum absolute atomic E-state index is 0.00796. The van der Waals surface area contributed by atoms with Gasteiger partial charge in [-0.1, -0.05) is 24.3 Å². The molecule has 15 heavy (non-hydrogen) atoms. The van der Waals surface area contributed by atoms with Gasteiger partial charge in [0.2, 0.25) is 0 Å². The van der Waals surface area contributed by atoms with E-state index in [1.165, 1.54) is 11.1 Å². The number of ether oxygens (including phenoxy) is 1. The Balaban J connectivity index is 2.05. The number of hydrogen-bond acceptors (Lipinski definition) is 2. The molecule has 1 aliphatic heterocycles. The molecule has 0 amide bonds. The van der Waals surface area contributed by atoms with Crippen LogP contribution >= 0.6 is 0 Å². The highest BCUT2D eigenvalue weighted by molar-refractivity contribution is 5.27. The standard InChI is InChI=1S/C13H17NO/c1-10-5-2-3-6-11(10)9-12(14)13-7-4-8-15-13/h2-3,5-7,12H,4,8-9,14H2,1H3. The Kier molecular flexibility index (Phi) is 3.07. The average Bonchev–Trinajstić information content (AvgIpc) is 2.74. The van der Waals surface area contributed by atoms with Crippen molar-refractivity contribution in [2.24, 2.45) is 5.73 Å². The summed E-state index contributed by atoms with van der Waals surface area (Å²) in [6.07, 6.45) is 3.96. The molecule has 1 atom stereocenters. The summed E-state index contributed by atoms with van der Waals surface area (Å²) in [6, 6.07) is 8.36. The molecule has 2 heteroatoms. The highest BCUT2D eigenvalue weighted by Gasteiger charge is 2.15. The first kappa shape index (κ1) is 10.2.